The number of anilines is 4. The van der Waals surface area contributed by atoms with Crippen LogP contribution in [-0.2, 0) is 4.79 Å². The minimum Gasteiger partial charge on any atom is -0.496 e. The number of rotatable bonds is 5. The van der Waals surface area contributed by atoms with E-state index in [0.717, 1.165) is 18.7 Å². The number of aromatic nitrogens is 2. The first-order chi connectivity index (χ1) is 14.5. The molecule has 0 bridgehead atoms. The molecule has 3 N–H and O–H groups in total. The number of benzene rings is 1. The molecule has 1 aromatic heterocycles. The first-order valence-electron chi connectivity index (χ1n) is 10.2. The number of fused-ring (bicyclic) bond motifs is 1. The highest BCUT2D eigenvalue weighted by atomic mass is 16.5. The van der Waals surface area contributed by atoms with Gasteiger partial charge >= 0.3 is 5.97 Å². The van der Waals surface area contributed by atoms with E-state index in [9.17, 15) is 14.7 Å². The summed E-state index contributed by atoms with van der Waals surface area (Å²) in [6, 6.07) is 5.07. The third-order valence-corrected chi connectivity index (χ3v) is 5.60. The Kier molecular flexibility index (Phi) is 5.69. The molecule has 9 heteroatoms. The first kappa shape index (κ1) is 19.9. The lowest BCUT2D eigenvalue weighted by Gasteiger charge is -2.34. The van der Waals surface area contributed by atoms with Gasteiger partial charge < -0.3 is 25.4 Å². The molecule has 1 aliphatic carbocycles. The average Bonchev–Trinajstić information content (AvgIpc) is 2.92. The van der Waals surface area contributed by atoms with E-state index in [1.54, 1.807) is 18.3 Å². The third-order valence-electron chi connectivity index (χ3n) is 5.60. The fourth-order valence-corrected chi connectivity index (χ4v) is 4.10. The van der Waals surface area contributed by atoms with Crippen molar-refractivity contribution in [2.75, 3.05) is 29.2 Å². The lowest BCUT2D eigenvalue weighted by atomic mass is 9.94. The molecule has 1 aliphatic heterocycles. The molecule has 2 aliphatic rings. The van der Waals surface area contributed by atoms with E-state index in [1.807, 2.05) is 0 Å². The van der Waals surface area contributed by atoms with E-state index in [1.165, 1.54) is 32.4 Å². The van der Waals surface area contributed by atoms with E-state index in [0.29, 0.717) is 36.3 Å². The minimum absolute atomic E-state index is 0.0344. The van der Waals surface area contributed by atoms with Crippen LogP contribution in [-0.4, -0.2) is 46.6 Å². The second kappa shape index (κ2) is 8.56. The minimum atomic E-state index is -1.06. The van der Waals surface area contributed by atoms with Crippen LogP contribution in [0.3, 0.4) is 0 Å². The first-order valence-corrected chi connectivity index (χ1v) is 10.2. The summed E-state index contributed by atoms with van der Waals surface area (Å²) in [6.07, 6.45) is 7.84. The van der Waals surface area contributed by atoms with Gasteiger partial charge in [-0.25, -0.2) is 9.78 Å². The molecule has 0 spiro atoms. The summed E-state index contributed by atoms with van der Waals surface area (Å²) in [5, 5.41) is 15.3. The van der Waals surface area contributed by atoms with Crippen LogP contribution in [0.2, 0.25) is 0 Å². The molecule has 1 amide bonds. The van der Waals surface area contributed by atoms with E-state index in [2.05, 4.69) is 20.5 Å². The Morgan fingerprint density at radius 2 is 2.10 bits per heavy atom. The van der Waals surface area contributed by atoms with Gasteiger partial charge in [0.2, 0.25) is 11.9 Å². The van der Waals surface area contributed by atoms with Crippen LogP contribution in [0.5, 0.6) is 5.75 Å². The van der Waals surface area contributed by atoms with Crippen molar-refractivity contribution < 1.29 is 19.4 Å². The summed E-state index contributed by atoms with van der Waals surface area (Å²) >= 11 is 0. The maximum absolute atomic E-state index is 12.1. The van der Waals surface area contributed by atoms with Gasteiger partial charge in [0.1, 0.15) is 17.0 Å². The number of methoxy groups -OCH3 is 1. The van der Waals surface area contributed by atoms with Crippen LogP contribution in [0.1, 0.15) is 48.9 Å². The van der Waals surface area contributed by atoms with Crippen molar-refractivity contribution in [1.29, 1.82) is 0 Å². The standard InChI is InChI=1S/C21H25N5O4/c1-30-17-11-13(7-8-15(17)20(28)29)23-21-22-12-16-19(25-21)26(10-9-18(27)24-16)14-5-3-2-4-6-14/h7-8,11-12,14H,2-6,9-10H2,1H3,(H,24,27)(H,28,29)(H,22,23,25). The fourth-order valence-electron chi connectivity index (χ4n) is 4.10. The second-order valence-electron chi connectivity index (χ2n) is 7.56. The highest BCUT2D eigenvalue weighted by Gasteiger charge is 2.28. The summed E-state index contributed by atoms with van der Waals surface area (Å²) < 4.78 is 5.18. The number of aromatic carboxylic acids is 1. The zero-order valence-corrected chi connectivity index (χ0v) is 16.9. The molecule has 9 nitrogen and oxygen atoms in total. The van der Waals surface area contributed by atoms with Crippen LogP contribution in [0.4, 0.5) is 23.1 Å². The van der Waals surface area contributed by atoms with Gasteiger partial charge in [0.05, 0.1) is 13.3 Å². The summed E-state index contributed by atoms with van der Waals surface area (Å²) in [7, 11) is 1.43. The van der Waals surface area contributed by atoms with Crippen molar-refractivity contribution >= 4 is 35.0 Å². The van der Waals surface area contributed by atoms with Gasteiger partial charge in [-0.1, -0.05) is 19.3 Å². The Bertz CT molecular complexity index is 958. The Morgan fingerprint density at radius 3 is 2.83 bits per heavy atom. The Morgan fingerprint density at radius 1 is 1.30 bits per heavy atom. The van der Waals surface area contributed by atoms with E-state index >= 15 is 0 Å². The van der Waals surface area contributed by atoms with E-state index < -0.39 is 5.97 Å². The van der Waals surface area contributed by atoms with Gasteiger partial charge in [-0.15, -0.1) is 0 Å². The van der Waals surface area contributed by atoms with Crippen molar-refractivity contribution in [2.45, 2.75) is 44.6 Å². The predicted molar refractivity (Wildman–Crippen MR) is 113 cm³/mol. The zero-order valence-electron chi connectivity index (χ0n) is 16.9. The monoisotopic (exact) mass is 411 g/mol. The van der Waals surface area contributed by atoms with Crippen molar-refractivity contribution in [3.8, 4) is 5.75 Å². The molecular weight excluding hydrogens is 386 g/mol. The number of carbonyl (C=O) groups is 2. The molecule has 0 atom stereocenters. The van der Waals surface area contributed by atoms with Crippen LogP contribution in [0, 0.1) is 0 Å². The number of carboxylic acid groups (broad SMARTS) is 1. The smallest absolute Gasteiger partial charge is 0.339 e. The molecule has 4 rings (SSSR count). The second-order valence-corrected chi connectivity index (χ2v) is 7.56. The van der Waals surface area contributed by atoms with Crippen molar-refractivity contribution in [3.05, 3.63) is 30.0 Å². The van der Waals surface area contributed by atoms with Gasteiger partial charge in [0.15, 0.2) is 5.82 Å². The van der Waals surface area contributed by atoms with Gasteiger partial charge in [0, 0.05) is 30.8 Å². The van der Waals surface area contributed by atoms with Gasteiger partial charge in [-0.05, 0) is 25.0 Å². The molecule has 1 saturated carbocycles. The molecule has 2 heterocycles. The number of ether oxygens (including phenoxy) is 1. The normalized spacial score (nSPS) is 17.0. The van der Waals surface area contributed by atoms with E-state index in [4.69, 9.17) is 9.72 Å². The number of hydrogen-bond donors (Lipinski definition) is 3. The summed E-state index contributed by atoms with van der Waals surface area (Å²) in [6.45, 7) is 0.626. The van der Waals surface area contributed by atoms with Gasteiger partial charge in [0.25, 0.3) is 0 Å². The highest BCUT2D eigenvalue weighted by Crippen LogP contribution is 2.34. The Labute approximate surface area is 174 Å². The van der Waals surface area contributed by atoms with Gasteiger partial charge in [-0.3, -0.25) is 4.79 Å². The lowest BCUT2D eigenvalue weighted by molar-refractivity contribution is -0.116. The van der Waals surface area contributed by atoms with Gasteiger partial charge in [-0.2, -0.15) is 4.98 Å². The lowest BCUT2D eigenvalue weighted by Crippen LogP contribution is -2.38. The molecule has 30 heavy (non-hydrogen) atoms. The largest absolute Gasteiger partial charge is 0.496 e. The number of hydrogen-bond acceptors (Lipinski definition) is 7. The number of nitrogens with zero attached hydrogens (tertiary/aromatic N) is 3. The SMILES string of the molecule is COc1cc(Nc2ncc3c(n2)N(C2CCCCC2)CCC(=O)N3)ccc1C(=O)O. The fraction of sp³-hybridized carbons (Fsp3) is 0.429. The molecule has 1 aromatic carbocycles. The van der Waals surface area contributed by atoms with Crippen molar-refractivity contribution in [3.63, 3.8) is 0 Å². The van der Waals surface area contributed by atoms with Crippen LogP contribution >= 0.6 is 0 Å². The molecule has 0 saturated heterocycles. The molecular formula is C21H25N5O4. The van der Waals surface area contributed by atoms with Crippen molar-refractivity contribution in [1.82, 2.24) is 9.97 Å². The number of amides is 1. The Balaban J connectivity index is 1.64. The van der Waals surface area contributed by atoms with Crippen LogP contribution in [0.15, 0.2) is 24.4 Å². The Hall–Kier alpha value is -3.36. The van der Waals surface area contributed by atoms with E-state index in [-0.39, 0.29) is 17.2 Å². The van der Waals surface area contributed by atoms with Crippen LogP contribution in [0.25, 0.3) is 0 Å². The topological polar surface area (TPSA) is 117 Å². The number of nitrogens with one attached hydrogen (secondary N) is 2. The maximum atomic E-state index is 12.1. The molecule has 0 radical (unpaired) electrons. The molecule has 0 unspecified atom stereocenters. The third kappa shape index (κ3) is 4.14. The summed E-state index contributed by atoms with van der Waals surface area (Å²) in [4.78, 5) is 34.7. The molecule has 2 aromatic rings. The molecule has 158 valence electrons. The molecule has 1 fully saturated rings. The number of carboxylic acids is 1. The average molecular weight is 411 g/mol. The zero-order chi connectivity index (χ0) is 21.1. The summed E-state index contributed by atoms with van der Waals surface area (Å²) in [5.41, 5.74) is 1.31. The summed E-state index contributed by atoms with van der Waals surface area (Å²) in [5.74, 6) is 0.250. The maximum Gasteiger partial charge on any atom is 0.339 e. The quantitative estimate of drug-likeness (QED) is 0.685. The highest BCUT2D eigenvalue weighted by molar-refractivity contribution is 5.95. The van der Waals surface area contributed by atoms with Crippen molar-refractivity contribution in [2.24, 2.45) is 0 Å². The van der Waals surface area contributed by atoms with Crippen LogP contribution < -0.4 is 20.3 Å². The number of carbonyl (C=O) groups excluding carboxylic acids is 1. The predicted octanol–water partition coefficient (Wildman–Crippen LogP) is 3.41.